The Balaban J connectivity index is 1.61. The van der Waals surface area contributed by atoms with Gasteiger partial charge in [-0.2, -0.15) is 5.10 Å². The molecule has 2 rings (SSSR count). The van der Waals surface area contributed by atoms with Crippen LogP contribution in [0.1, 0.15) is 23.2 Å². The molecule has 21 heavy (non-hydrogen) atoms. The van der Waals surface area contributed by atoms with Gasteiger partial charge in [-0.1, -0.05) is 29.8 Å². The van der Waals surface area contributed by atoms with Crippen LogP contribution in [0.15, 0.2) is 36.5 Å². The quantitative estimate of drug-likeness (QED) is 0.636. The highest BCUT2D eigenvalue weighted by atomic mass is 32.1. The van der Waals surface area contributed by atoms with Gasteiger partial charge < -0.3 is 10.6 Å². The van der Waals surface area contributed by atoms with Crippen LogP contribution in [0.2, 0.25) is 0 Å². The van der Waals surface area contributed by atoms with Crippen molar-refractivity contribution in [1.29, 1.82) is 0 Å². The summed E-state index contributed by atoms with van der Waals surface area (Å²) in [6.45, 7) is 6.66. The summed E-state index contributed by atoms with van der Waals surface area (Å²) in [5, 5.41) is 11.4. The molecular formula is C16H22N4S. The fourth-order valence-corrected chi connectivity index (χ4v) is 2.19. The number of nitrogens with zero attached hydrogens (tertiary/aromatic N) is 2. The van der Waals surface area contributed by atoms with E-state index in [4.69, 9.17) is 12.2 Å². The molecule has 0 atom stereocenters. The largest absolute Gasteiger partial charge is 0.363 e. The molecule has 0 bridgehead atoms. The Kier molecular flexibility index (Phi) is 5.75. The average molecular weight is 302 g/mol. The molecule has 0 aliphatic rings. The van der Waals surface area contributed by atoms with Gasteiger partial charge >= 0.3 is 0 Å². The van der Waals surface area contributed by atoms with E-state index >= 15 is 0 Å². The lowest BCUT2D eigenvalue weighted by molar-refractivity contribution is 0.559. The molecule has 0 fully saturated rings. The highest BCUT2D eigenvalue weighted by Crippen LogP contribution is 2.02. The number of thiocarbonyl (C=S) groups is 1. The number of hydrogen-bond acceptors (Lipinski definition) is 2. The van der Waals surface area contributed by atoms with E-state index in [0.717, 1.165) is 26.1 Å². The molecule has 1 aromatic carbocycles. The molecule has 1 aromatic heterocycles. The maximum atomic E-state index is 5.27. The van der Waals surface area contributed by atoms with Crippen molar-refractivity contribution in [3.8, 4) is 0 Å². The Hall–Kier alpha value is -1.88. The zero-order chi connectivity index (χ0) is 15.1. The van der Waals surface area contributed by atoms with Gasteiger partial charge in [-0.05, 0) is 44.1 Å². The van der Waals surface area contributed by atoms with Gasteiger partial charge in [-0.25, -0.2) is 0 Å². The van der Waals surface area contributed by atoms with Crippen molar-refractivity contribution in [2.75, 3.05) is 6.54 Å². The van der Waals surface area contributed by atoms with Crippen LogP contribution in [0.3, 0.4) is 0 Å². The van der Waals surface area contributed by atoms with E-state index in [1.165, 1.54) is 16.8 Å². The summed E-state index contributed by atoms with van der Waals surface area (Å²) in [7, 11) is 0. The fourth-order valence-electron chi connectivity index (χ4n) is 2.01. The summed E-state index contributed by atoms with van der Waals surface area (Å²) in [5.41, 5.74) is 3.69. The molecule has 2 aromatic rings. The van der Waals surface area contributed by atoms with Crippen molar-refractivity contribution in [3.63, 3.8) is 0 Å². The molecule has 0 saturated heterocycles. The van der Waals surface area contributed by atoms with Gasteiger partial charge in [-0.3, -0.25) is 4.68 Å². The molecule has 4 nitrogen and oxygen atoms in total. The van der Waals surface area contributed by atoms with Crippen LogP contribution >= 0.6 is 12.2 Å². The van der Waals surface area contributed by atoms with Gasteiger partial charge in [-0.15, -0.1) is 0 Å². The topological polar surface area (TPSA) is 41.9 Å². The molecule has 0 aliphatic heterocycles. The van der Waals surface area contributed by atoms with Gasteiger partial charge in [0.15, 0.2) is 5.11 Å². The third-order valence-electron chi connectivity index (χ3n) is 3.33. The molecule has 2 N–H and O–H groups in total. The van der Waals surface area contributed by atoms with E-state index in [9.17, 15) is 0 Å². The summed E-state index contributed by atoms with van der Waals surface area (Å²) in [5.74, 6) is 0. The monoisotopic (exact) mass is 302 g/mol. The van der Waals surface area contributed by atoms with Crippen molar-refractivity contribution < 1.29 is 0 Å². The van der Waals surface area contributed by atoms with Gasteiger partial charge in [0.05, 0.1) is 0 Å². The Labute approximate surface area is 131 Å². The first-order valence-corrected chi connectivity index (χ1v) is 7.61. The van der Waals surface area contributed by atoms with Crippen molar-refractivity contribution in [2.24, 2.45) is 0 Å². The molecule has 0 saturated carbocycles. The second kappa shape index (κ2) is 7.78. The smallest absolute Gasteiger partial charge is 0.166 e. The second-order valence-corrected chi connectivity index (χ2v) is 5.55. The maximum absolute atomic E-state index is 5.27. The van der Waals surface area contributed by atoms with E-state index in [0.29, 0.717) is 5.11 Å². The summed E-state index contributed by atoms with van der Waals surface area (Å²) in [6, 6.07) is 10.5. The first-order valence-electron chi connectivity index (χ1n) is 7.21. The third-order valence-corrected chi connectivity index (χ3v) is 3.62. The standard InChI is InChI=1S/C16H22N4S/c1-13-4-6-15(7-5-13)12-18-16(21)17-9-3-11-20-14(2)8-10-19-20/h4-8,10H,3,9,11-12H2,1-2H3,(H2,17,18,21). The molecule has 112 valence electrons. The lowest BCUT2D eigenvalue weighted by atomic mass is 10.1. The van der Waals surface area contributed by atoms with Crippen LogP contribution in [0.4, 0.5) is 0 Å². The van der Waals surface area contributed by atoms with Crippen LogP contribution in [-0.4, -0.2) is 21.4 Å². The van der Waals surface area contributed by atoms with Gasteiger partial charge in [0.25, 0.3) is 0 Å². The number of rotatable bonds is 6. The lowest BCUT2D eigenvalue weighted by Crippen LogP contribution is -2.35. The van der Waals surface area contributed by atoms with E-state index in [1.807, 2.05) is 16.9 Å². The van der Waals surface area contributed by atoms with Crippen molar-refractivity contribution in [1.82, 2.24) is 20.4 Å². The molecule has 0 spiro atoms. The maximum Gasteiger partial charge on any atom is 0.166 e. The highest BCUT2D eigenvalue weighted by molar-refractivity contribution is 7.80. The Morgan fingerprint density at radius 3 is 2.57 bits per heavy atom. The minimum absolute atomic E-state index is 0.702. The lowest BCUT2D eigenvalue weighted by Gasteiger charge is -2.11. The first kappa shape index (κ1) is 15.5. The highest BCUT2D eigenvalue weighted by Gasteiger charge is 1.98. The summed E-state index contributed by atoms with van der Waals surface area (Å²) in [4.78, 5) is 0. The Bertz CT molecular complexity index is 574. The molecule has 0 radical (unpaired) electrons. The summed E-state index contributed by atoms with van der Waals surface area (Å²) < 4.78 is 2.00. The fraction of sp³-hybridized carbons (Fsp3) is 0.375. The number of benzene rings is 1. The zero-order valence-corrected chi connectivity index (χ0v) is 13.4. The zero-order valence-electron chi connectivity index (χ0n) is 12.6. The van der Waals surface area contributed by atoms with Crippen molar-refractivity contribution >= 4 is 17.3 Å². The second-order valence-electron chi connectivity index (χ2n) is 5.14. The minimum Gasteiger partial charge on any atom is -0.363 e. The van der Waals surface area contributed by atoms with Gasteiger partial charge in [0.2, 0.25) is 0 Å². The first-order chi connectivity index (χ1) is 10.1. The summed E-state index contributed by atoms with van der Waals surface area (Å²) >= 11 is 5.27. The van der Waals surface area contributed by atoms with Crippen LogP contribution in [0, 0.1) is 13.8 Å². The van der Waals surface area contributed by atoms with E-state index in [2.05, 4.69) is 53.8 Å². The Morgan fingerprint density at radius 2 is 1.90 bits per heavy atom. The molecule has 0 unspecified atom stereocenters. The number of aromatic nitrogens is 2. The Morgan fingerprint density at radius 1 is 1.14 bits per heavy atom. The van der Waals surface area contributed by atoms with Crippen molar-refractivity contribution in [3.05, 3.63) is 53.3 Å². The van der Waals surface area contributed by atoms with Crippen LogP contribution in [0.5, 0.6) is 0 Å². The molecule has 0 amide bonds. The SMILES string of the molecule is Cc1ccc(CNC(=S)NCCCn2nccc2C)cc1. The van der Waals surface area contributed by atoms with Gasteiger partial charge in [0.1, 0.15) is 0 Å². The van der Waals surface area contributed by atoms with Crippen LogP contribution in [-0.2, 0) is 13.1 Å². The predicted octanol–water partition coefficient (Wildman–Crippen LogP) is 2.55. The summed E-state index contributed by atoms with van der Waals surface area (Å²) in [6.07, 6.45) is 2.82. The normalized spacial score (nSPS) is 10.4. The van der Waals surface area contributed by atoms with Crippen LogP contribution < -0.4 is 10.6 Å². The number of aryl methyl sites for hydroxylation is 3. The van der Waals surface area contributed by atoms with Crippen molar-refractivity contribution in [2.45, 2.75) is 33.4 Å². The number of hydrogen-bond donors (Lipinski definition) is 2. The van der Waals surface area contributed by atoms with Gasteiger partial charge in [0, 0.05) is 31.5 Å². The average Bonchev–Trinajstić information content (AvgIpc) is 2.88. The molecule has 5 heteroatoms. The molecule has 0 aliphatic carbocycles. The van der Waals surface area contributed by atoms with E-state index < -0.39 is 0 Å². The predicted molar refractivity (Wildman–Crippen MR) is 90.2 cm³/mol. The molecule has 1 heterocycles. The van der Waals surface area contributed by atoms with E-state index in [1.54, 1.807) is 0 Å². The minimum atomic E-state index is 0.702. The van der Waals surface area contributed by atoms with Crippen LogP contribution in [0.25, 0.3) is 0 Å². The molecular weight excluding hydrogens is 280 g/mol. The van der Waals surface area contributed by atoms with E-state index in [-0.39, 0.29) is 0 Å². The third kappa shape index (κ3) is 5.19. The number of nitrogens with one attached hydrogen (secondary N) is 2.